The molecule has 1 aliphatic rings. The van der Waals surface area contributed by atoms with E-state index in [1.807, 2.05) is 18.2 Å². The third-order valence-electron chi connectivity index (χ3n) is 5.00. The van der Waals surface area contributed by atoms with Gasteiger partial charge in [0.05, 0.1) is 18.1 Å². The number of hydrogen-bond donors (Lipinski definition) is 0. The molecule has 7 heteroatoms. The predicted octanol–water partition coefficient (Wildman–Crippen LogP) is 5.36. The van der Waals surface area contributed by atoms with Gasteiger partial charge in [-0.15, -0.1) is 23.7 Å². The van der Waals surface area contributed by atoms with Crippen molar-refractivity contribution in [3.63, 3.8) is 0 Å². The number of halogens is 1. The fraction of sp³-hybridized carbons (Fsp3) is 0.455. The van der Waals surface area contributed by atoms with Gasteiger partial charge in [0.1, 0.15) is 0 Å². The molecule has 0 saturated carbocycles. The second-order valence-corrected chi connectivity index (χ2v) is 8.43. The Balaban J connectivity index is 0.00000240. The van der Waals surface area contributed by atoms with Crippen LogP contribution < -0.4 is 0 Å². The summed E-state index contributed by atoms with van der Waals surface area (Å²) in [6.07, 6.45) is 6.02. The van der Waals surface area contributed by atoms with E-state index in [2.05, 4.69) is 39.3 Å². The van der Waals surface area contributed by atoms with E-state index in [0.717, 1.165) is 11.4 Å². The van der Waals surface area contributed by atoms with Crippen LogP contribution in [0.4, 0.5) is 0 Å². The van der Waals surface area contributed by atoms with E-state index in [1.165, 1.54) is 49.2 Å². The van der Waals surface area contributed by atoms with Crippen LogP contribution in [0.1, 0.15) is 41.9 Å². The van der Waals surface area contributed by atoms with Crippen LogP contribution in [0.5, 0.6) is 0 Å². The lowest BCUT2D eigenvalue weighted by Crippen LogP contribution is -2.23. The predicted molar refractivity (Wildman–Crippen MR) is 118 cm³/mol. The molecule has 0 N–H and O–H groups in total. The van der Waals surface area contributed by atoms with Crippen LogP contribution in [0.25, 0.3) is 10.8 Å². The van der Waals surface area contributed by atoms with Crippen molar-refractivity contribution in [2.75, 3.05) is 19.7 Å². The Morgan fingerprint density at radius 3 is 2.59 bits per heavy atom. The summed E-state index contributed by atoms with van der Waals surface area (Å²) in [6, 6.07) is 14.5. The summed E-state index contributed by atoms with van der Waals surface area (Å²) in [4.78, 5) is 9.51. The summed E-state index contributed by atoms with van der Waals surface area (Å²) >= 11 is 1.76. The van der Waals surface area contributed by atoms with Gasteiger partial charge in [-0.25, -0.2) is 0 Å². The first-order valence-corrected chi connectivity index (χ1v) is 10.9. The number of hydrogen-bond acceptors (Lipinski definition) is 6. The lowest BCUT2D eigenvalue weighted by molar-refractivity contribution is 0.122. The van der Waals surface area contributed by atoms with Gasteiger partial charge in [-0.3, -0.25) is 4.90 Å². The lowest BCUT2D eigenvalue weighted by atomic mass is 10.2. The molecular formula is C22H28ClN3O2S. The largest absolute Gasteiger partial charge is 0.376 e. The number of ether oxygens (including phenoxy) is 1. The first kappa shape index (κ1) is 22.0. The topological polar surface area (TPSA) is 51.4 Å². The van der Waals surface area contributed by atoms with Crippen molar-refractivity contribution in [2.45, 2.75) is 45.3 Å². The molecule has 2 aromatic heterocycles. The first-order valence-electron chi connectivity index (χ1n) is 10.1. The average molecular weight is 434 g/mol. The van der Waals surface area contributed by atoms with Gasteiger partial charge in [0.2, 0.25) is 0 Å². The minimum Gasteiger partial charge on any atom is -0.376 e. The normalized spacial score (nSPS) is 15.0. The highest BCUT2D eigenvalue weighted by Gasteiger charge is 2.14. The van der Waals surface area contributed by atoms with Crippen molar-refractivity contribution >= 4 is 23.7 Å². The second-order valence-electron chi connectivity index (χ2n) is 7.26. The molecule has 3 aromatic rings. The number of thiophene rings is 1. The van der Waals surface area contributed by atoms with Crippen LogP contribution in [0.3, 0.4) is 0 Å². The maximum atomic E-state index is 5.71. The highest BCUT2D eigenvalue weighted by molar-refractivity contribution is 7.15. The van der Waals surface area contributed by atoms with Gasteiger partial charge in [0.25, 0.3) is 5.89 Å². The third-order valence-corrected chi connectivity index (χ3v) is 6.06. The Hall–Kier alpha value is -1.73. The van der Waals surface area contributed by atoms with Crippen molar-refractivity contribution in [1.29, 1.82) is 0 Å². The number of nitrogens with zero attached hydrogens (tertiary/aromatic N) is 3. The molecular weight excluding hydrogens is 406 g/mol. The van der Waals surface area contributed by atoms with Gasteiger partial charge in [-0.2, -0.15) is 4.98 Å². The highest BCUT2D eigenvalue weighted by atomic mass is 35.5. The molecule has 0 amide bonds. The zero-order chi connectivity index (χ0) is 19.0. The molecule has 1 fully saturated rings. The maximum Gasteiger partial charge on any atom is 0.267 e. The summed E-state index contributed by atoms with van der Waals surface area (Å²) in [5.74, 6) is 1.32. The van der Waals surface area contributed by atoms with Crippen LogP contribution in [0.15, 0.2) is 47.0 Å². The number of likely N-dealkylation sites (tertiary alicyclic amines) is 1. The van der Waals surface area contributed by atoms with Crippen LogP contribution in [0.2, 0.25) is 0 Å². The summed E-state index contributed by atoms with van der Waals surface area (Å²) in [5, 5.41) is 4.10. The van der Waals surface area contributed by atoms with E-state index >= 15 is 0 Å². The van der Waals surface area contributed by atoms with Crippen LogP contribution in [-0.4, -0.2) is 34.7 Å². The number of benzene rings is 1. The van der Waals surface area contributed by atoms with Crippen molar-refractivity contribution in [3.8, 4) is 10.8 Å². The zero-order valence-electron chi connectivity index (χ0n) is 16.6. The molecule has 4 rings (SSSR count). The molecule has 0 bridgehead atoms. The highest BCUT2D eigenvalue weighted by Crippen LogP contribution is 2.28. The van der Waals surface area contributed by atoms with Gasteiger partial charge < -0.3 is 9.26 Å². The van der Waals surface area contributed by atoms with Gasteiger partial charge in [-0.05, 0) is 43.6 Å². The average Bonchev–Trinajstić information content (AvgIpc) is 3.30. The Kier molecular flexibility index (Phi) is 8.68. The Labute approximate surface area is 182 Å². The number of aromatic nitrogens is 2. The van der Waals surface area contributed by atoms with Gasteiger partial charge in [-0.1, -0.05) is 48.3 Å². The van der Waals surface area contributed by atoms with E-state index in [9.17, 15) is 0 Å². The van der Waals surface area contributed by atoms with Crippen LogP contribution in [-0.2, 0) is 24.3 Å². The molecule has 5 nitrogen and oxygen atoms in total. The Morgan fingerprint density at radius 1 is 1.00 bits per heavy atom. The van der Waals surface area contributed by atoms with Crippen molar-refractivity contribution in [2.24, 2.45) is 0 Å². The quantitative estimate of drug-likeness (QED) is 0.448. The molecule has 1 saturated heterocycles. The molecule has 1 aliphatic heterocycles. The molecule has 0 unspecified atom stereocenters. The standard InChI is InChI=1S/C22H27N3O2S.ClH/c1-2-7-14-25(13-6-1)16-19-10-11-20(28-19)22-23-21(24-27-22)12-15-26-17-18-8-4-3-5-9-18;/h3-5,8-11H,1-2,6-7,12-17H2;1H. The minimum absolute atomic E-state index is 0. The van der Waals surface area contributed by atoms with E-state index in [-0.39, 0.29) is 12.4 Å². The molecule has 29 heavy (non-hydrogen) atoms. The molecule has 1 aromatic carbocycles. The molecule has 0 atom stereocenters. The summed E-state index contributed by atoms with van der Waals surface area (Å²) < 4.78 is 11.2. The lowest BCUT2D eigenvalue weighted by Gasteiger charge is -2.18. The summed E-state index contributed by atoms with van der Waals surface area (Å²) in [5.41, 5.74) is 1.17. The van der Waals surface area contributed by atoms with Gasteiger partial charge in [0.15, 0.2) is 5.82 Å². The second kappa shape index (κ2) is 11.5. The molecule has 3 heterocycles. The maximum absolute atomic E-state index is 5.71. The van der Waals surface area contributed by atoms with Crippen molar-refractivity contribution in [3.05, 3.63) is 58.7 Å². The Bertz CT molecular complexity index is 845. The number of rotatable bonds is 8. The van der Waals surface area contributed by atoms with E-state index in [0.29, 0.717) is 31.3 Å². The summed E-state index contributed by atoms with van der Waals surface area (Å²) in [6.45, 7) is 4.63. The van der Waals surface area contributed by atoms with Crippen LogP contribution >= 0.6 is 23.7 Å². The van der Waals surface area contributed by atoms with Crippen molar-refractivity contribution < 1.29 is 9.26 Å². The van der Waals surface area contributed by atoms with E-state index in [1.54, 1.807) is 11.3 Å². The van der Waals surface area contributed by atoms with Crippen LogP contribution in [0, 0.1) is 0 Å². The van der Waals surface area contributed by atoms with Crippen molar-refractivity contribution in [1.82, 2.24) is 15.0 Å². The van der Waals surface area contributed by atoms with Gasteiger partial charge in [0, 0.05) is 17.8 Å². The smallest absolute Gasteiger partial charge is 0.267 e. The third kappa shape index (κ3) is 6.64. The monoisotopic (exact) mass is 433 g/mol. The minimum atomic E-state index is 0. The fourth-order valence-electron chi connectivity index (χ4n) is 3.48. The first-order chi connectivity index (χ1) is 13.9. The zero-order valence-corrected chi connectivity index (χ0v) is 18.2. The SMILES string of the molecule is Cl.c1ccc(COCCc2noc(-c3ccc(CN4CCCCCC4)s3)n2)cc1. The molecule has 0 spiro atoms. The van der Waals surface area contributed by atoms with Gasteiger partial charge >= 0.3 is 0 Å². The molecule has 0 radical (unpaired) electrons. The Morgan fingerprint density at radius 2 is 1.79 bits per heavy atom. The summed E-state index contributed by atoms with van der Waals surface area (Å²) in [7, 11) is 0. The van der Waals surface area contributed by atoms with E-state index < -0.39 is 0 Å². The fourth-order valence-corrected chi connectivity index (χ4v) is 4.45. The molecule has 156 valence electrons. The molecule has 0 aliphatic carbocycles. The van der Waals surface area contributed by atoms with E-state index in [4.69, 9.17) is 9.26 Å².